The molecule has 0 aliphatic rings. The molecule has 1 amide bonds. The molecule has 0 radical (unpaired) electrons. The Bertz CT molecular complexity index is 195. The van der Waals surface area contributed by atoms with Gasteiger partial charge in [-0.1, -0.05) is 0 Å². The maximum Gasteiger partial charge on any atom is 0.419 e. The van der Waals surface area contributed by atoms with Crippen LogP contribution < -0.4 is 9.86 Å². The maximum absolute atomic E-state index is 10.4. The molecular weight excluding hydrogens is 144 g/mol. The summed E-state index contributed by atoms with van der Waals surface area (Å²) in [5.41, 5.74) is 0. The summed E-state index contributed by atoms with van der Waals surface area (Å²) in [4.78, 5) is 10.2. The van der Waals surface area contributed by atoms with Gasteiger partial charge in [0.05, 0.1) is 7.11 Å². The summed E-state index contributed by atoms with van der Waals surface area (Å²) in [5.74, 6) is 2.95. The Balaban J connectivity index is 3.91. The fourth-order valence-corrected chi connectivity index (χ4v) is 0.548. The van der Waals surface area contributed by atoms with Crippen molar-refractivity contribution in [3.8, 4) is 0 Å². The van der Waals surface area contributed by atoms with Crippen LogP contribution in [0.3, 0.4) is 0 Å². The fourth-order valence-electron chi connectivity index (χ4n) is 0.183. The minimum absolute atomic E-state index is 0.850. The van der Waals surface area contributed by atoms with Crippen molar-refractivity contribution in [1.29, 1.82) is 0 Å². The molecule has 1 atom stereocenters. The molecule has 1 unspecified atom stereocenters. The van der Waals surface area contributed by atoms with E-state index in [4.69, 9.17) is 5.14 Å². The van der Waals surface area contributed by atoms with Crippen LogP contribution in [0.15, 0.2) is 0 Å². The van der Waals surface area contributed by atoms with Gasteiger partial charge in [-0.3, -0.25) is 0 Å². The highest BCUT2D eigenvalue weighted by Gasteiger charge is 2.00. The molecule has 0 aliphatic carbocycles. The van der Waals surface area contributed by atoms with Gasteiger partial charge in [0, 0.05) is 0 Å². The minimum Gasteiger partial charge on any atom is -0.452 e. The van der Waals surface area contributed by atoms with Gasteiger partial charge in [0.1, 0.15) is 9.89 Å². The molecule has 0 aliphatic heterocycles. The average Bonchev–Trinajstić information content (AvgIpc) is 1.62. The van der Waals surface area contributed by atoms with Crippen LogP contribution >= 0.6 is 0 Å². The number of nitrogens with two attached hydrogens (primary N) is 1. The highest BCUT2D eigenvalue weighted by molar-refractivity contribution is 7.96. The molecule has 0 heterocycles. The molecule has 0 aromatic rings. The Hall–Kier alpha value is -0.750. The second kappa shape index (κ2) is 2.70. The molecule has 0 fully saturated rings. The van der Waals surface area contributed by atoms with Crippen LogP contribution in [0.5, 0.6) is 0 Å². The third-order valence-electron chi connectivity index (χ3n) is 0.441. The van der Waals surface area contributed by atoms with E-state index in [1.54, 1.807) is 4.72 Å². The van der Waals surface area contributed by atoms with E-state index in [1.807, 2.05) is 0 Å². The molecule has 6 heteroatoms. The Kier molecular flexibility index (Phi) is 2.47. The van der Waals surface area contributed by atoms with Gasteiger partial charge in [0.15, 0.2) is 0 Å². The van der Waals surface area contributed by atoms with Gasteiger partial charge in [0.25, 0.3) is 0 Å². The van der Waals surface area contributed by atoms with Crippen molar-refractivity contribution in [3.05, 3.63) is 0 Å². The maximum atomic E-state index is 10.4. The third kappa shape index (κ3) is 5.12. The van der Waals surface area contributed by atoms with Crippen molar-refractivity contribution in [2.45, 2.75) is 0 Å². The average molecular weight is 152 g/mol. The van der Waals surface area contributed by atoms with Crippen molar-refractivity contribution >= 4 is 21.9 Å². The van der Waals surface area contributed by atoms with Crippen LogP contribution in [-0.4, -0.2) is 23.3 Å². The number of hydrogen-bond donors (Lipinski definition) is 2. The molecule has 0 saturated carbocycles. The summed E-state index contributed by atoms with van der Waals surface area (Å²) in [6.45, 7) is 0. The lowest BCUT2D eigenvalue weighted by Crippen LogP contribution is -2.35. The lowest BCUT2D eigenvalue weighted by Gasteiger charge is -2.01. The molecule has 9 heavy (non-hydrogen) atoms. The molecule has 0 aromatic heterocycles. The van der Waals surface area contributed by atoms with Gasteiger partial charge < -0.3 is 4.74 Å². The van der Waals surface area contributed by atoms with Gasteiger partial charge >= 0.3 is 6.09 Å². The van der Waals surface area contributed by atoms with Crippen LogP contribution in [-0.2, 0) is 14.6 Å². The Morgan fingerprint density at radius 1 is 1.89 bits per heavy atom. The Morgan fingerprint density at radius 3 is 2.44 bits per heavy atom. The van der Waals surface area contributed by atoms with E-state index in [-0.39, 0.29) is 0 Å². The number of carbonyl (C=O) groups excluding carboxylic acids is 1. The normalized spacial score (nSPS) is 15.8. The van der Waals surface area contributed by atoms with Crippen molar-refractivity contribution in [3.63, 3.8) is 0 Å². The zero-order valence-electron chi connectivity index (χ0n) is 4.92. The number of amides is 1. The number of rotatable bonds is 1. The second-order valence-corrected chi connectivity index (χ2v) is 2.98. The van der Waals surface area contributed by atoms with Crippen LogP contribution in [0.4, 0.5) is 4.79 Å². The summed E-state index contributed by atoms with van der Waals surface area (Å²) < 4.78 is 16.3. The third-order valence-corrected chi connectivity index (χ3v) is 0.954. The van der Waals surface area contributed by atoms with Gasteiger partial charge in [-0.15, -0.1) is 0 Å². The largest absolute Gasteiger partial charge is 0.452 e. The van der Waals surface area contributed by atoms with Crippen LogP contribution in [0.2, 0.25) is 0 Å². The van der Waals surface area contributed by atoms with Crippen LogP contribution in [0.25, 0.3) is 0 Å². The molecule has 54 valence electrons. The van der Waals surface area contributed by atoms with E-state index in [0.29, 0.717) is 0 Å². The quantitative estimate of drug-likeness (QED) is 0.465. The number of carbonyl (C=O) groups is 1. The molecule has 5 nitrogen and oxygen atoms in total. The van der Waals surface area contributed by atoms with E-state index in [9.17, 15) is 9.00 Å². The SMILES string of the molecule is C=S(N)(=O)NC(=O)OC. The first-order chi connectivity index (χ1) is 3.95. The smallest absolute Gasteiger partial charge is 0.419 e. The molecule has 0 rings (SSSR count). The summed E-state index contributed by atoms with van der Waals surface area (Å²) in [5, 5.41) is 4.82. The molecule has 3 N–H and O–H groups in total. The molecular formula is C3H8N2O3S. The van der Waals surface area contributed by atoms with Crippen LogP contribution in [0, 0.1) is 0 Å². The summed E-state index contributed by atoms with van der Waals surface area (Å²) in [7, 11) is -1.82. The van der Waals surface area contributed by atoms with Gasteiger partial charge in [-0.25, -0.2) is 18.9 Å². The van der Waals surface area contributed by atoms with Gasteiger partial charge in [-0.05, 0) is 5.87 Å². The number of nitrogens with one attached hydrogen (secondary N) is 1. The van der Waals surface area contributed by atoms with Gasteiger partial charge in [0.2, 0.25) is 0 Å². The van der Waals surface area contributed by atoms with Crippen molar-refractivity contribution in [2.24, 2.45) is 5.14 Å². The summed E-state index contributed by atoms with van der Waals surface area (Å²) in [6.07, 6.45) is -0.850. The minimum atomic E-state index is -2.96. The second-order valence-electron chi connectivity index (χ2n) is 1.32. The van der Waals surface area contributed by atoms with E-state index >= 15 is 0 Å². The molecule has 0 saturated heterocycles. The van der Waals surface area contributed by atoms with Crippen molar-refractivity contribution in [2.75, 3.05) is 7.11 Å². The number of methoxy groups -OCH3 is 1. The monoisotopic (exact) mass is 152 g/mol. The Labute approximate surface area is 53.5 Å². The van der Waals surface area contributed by atoms with Crippen molar-refractivity contribution in [1.82, 2.24) is 4.72 Å². The number of ether oxygens (including phenoxy) is 1. The highest BCUT2D eigenvalue weighted by Crippen LogP contribution is 1.72. The van der Waals surface area contributed by atoms with E-state index in [0.717, 1.165) is 7.11 Å². The van der Waals surface area contributed by atoms with E-state index in [1.165, 1.54) is 0 Å². The zero-order chi connectivity index (χ0) is 7.49. The zero-order valence-corrected chi connectivity index (χ0v) is 5.73. The number of hydrogen-bond acceptors (Lipinski definition) is 3. The lowest BCUT2D eigenvalue weighted by molar-refractivity contribution is 0.178. The highest BCUT2D eigenvalue weighted by atomic mass is 32.2. The predicted molar refractivity (Wildman–Crippen MR) is 35.0 cm³/mol. The first kappa shape index (κ1) is 8.25. The molecule has 0 bridgehead atoms. The van der Waals surface area contributed by atoms with E-state index < -0.39 is 16.0 Å². The lowest BCUT2D eigenvalue weighted by atomic mass is 11.2. The van der Waals surface area contributed by atoms with Gasteiger partial charge in [-0.2, -0.15) is 0 Å². The Morgan fingerprint density at radius 2 is 2.33 bits per heavy atom. The first-order valence-electron chi connectivity index (χ1n) is 1.96. The summed E-state index contributed by atoms with van der Waals surface area (Å²) >= 11 is 0. The van der Waals surface area contributed by atoms with Crippen LogP contribution in [0.1, 0.15) is 0 Å². The summed E-state index contributed by atoms with van der Waals surface area (Å²) in [6, 6.07) is 0. The topological polar surface area (TPSA) is 81.4 Å². The molecule has 0 spiro atoms. The van der Waals surface area contributed by atoms with E-state index in [2.05, 4.69) is 10.6 Å². The standard InChI is InChI=1S/C3H8N2O3S/c1-8-3(6)5-9(2,4)7/h2H2,1H3,(H3,4,5,6,7). The molecule has 0 aromatic carbocycles. The van der Waals surface area contributed by atoms with Crippen molar-refractivity contribution < 1.29 is 13.7 Å². The predicted octanol–water partition coefficient (Wildman–Crippen LogP) is -1.15. The first-order valence-corrected chi connectivity index (χ1v) is 3.75. The fraction of sp³-hybridized carbons (Fsp3) is 0.333.